The fourth-order valence-corrected chi connectivity index (χ4v) is 5.83. The van der Waals surface area contributed by atoms with Gasteiger partial charge in [0.15, 0.2) is 0 Å². The van der Waals surface area contributed by atoms with E-state index in [-0.39, 0.29) is 0 Å². The number of hydrogen-bond donors (Lipinski definition) is 0. The normalized spacial score (nSPS) is 27.8. The highest BCUT2D eigenvalue weighted by molar-refractivity contribution is 5.31. The maximum Gasteiger partial charge on any atom is -0.0354 e. The summed E-state index contributed by atoms with van der Waals surface area (Å²) in [5.74, 6) is 4.93. The minimum atomic E-state index is 0.659. The van der Waals surface area contributed by atoms with Gasteiger partial charge in [0.1, 0.15) is 0 Å². The molecule has 4 rings (SSSR count). The molecule has 3 aliphatic rings. The smallest absolute Gasteiger partial charge is 0.0354 e. The molecule has 3 fully saturated rings. The predicted octanol–water partition coefficient (Wildman–Crippen LogP) is 12.1. The molecule has 2 unspecified atom stereocenters. The first-order valence-electron chi connectivity index (χ1n) is 15.7. The zero-order valence-corrected chi connectivity index (χ0v) is 26.9. The Morgan fingerprint density at radius 2 is 0.889 bits per heavy atom. The Balaban J connectivity index is 0.000000240. The summed E-state index contributed by atoms with van der Waals surface area (Å²) in [6, 6.07) is 6.38. The van der Waals surface area contributed by atoms with Crippen LogP contribution in [0.1, 0.15) is 150 Å². The molecule has 0 heteroatoms. The van der Waals surface area contributed by atoms with E-state index in [0.717, 1.165) is 29.6 Å². The van der Waals surface area contributed by atoms with Gasteiger partial charge in [0, 0.05) is 0 Å². The SMILES string of the molecule is CC1CCC(C)(C)CC1.CC1CCC(C)(C)CC1.CC1CCCC(C)C1C.Cc1cccc(C)c1C. The highest BCUT2D eigenvalue weighted by Gasteiger charge is 2.25. The molecule has 0 nitrogen and oxygen atoms in total. The summed E-state index contributed by atoms with van der Waals surface area (Å²) in [6.45, 7) is 27.9. The molecule has 1 aromatic rings. The van der Waals surface area contributed by atoms with Gasteiger partial charge in [0.2, 0.25) is 0 Å². The van der Waals surface area contributed by atoms with E-state index in [0.29, 0.717) is 10.8 Å². The van der Waals surface area contributed by atoms with Crippen LogP contribution in [0.15, 0.2) is 18.2 Å². The van der Waals surface area contributed by atoms with Crippen molar-refractivity contribution in [2.45, 2.75) is 154 Å². The van der Waals surface area contributed by atoms with Crippen LogP contribution >= 0.6 is 0 Å². The molecule has 0 spiro atoms. The van der Waals surface area contributed by atoms with Gasteiger partial charge in [-0.3, -0.25) is 0 Å². The van der Waals surface area contributed by atoms with E-state index in [2.05, 4.69) is 101 Å². The van der Waals surface area contributed by atoms with Crippen molar-refractivity contribution < 1.29 is 0 Å². The van der Waals surface area contributed by atoms with Crippen LogP contribution < -0.4 is 0 Å². The minimum absolute atomic E-state index is 0.659. The van der Waals surface area contributed by atoms with Crippen LogP contribution in [-0.4, -0.2) is 0 Å². The molecule has 1 aromatic carbocycles. The first-order chi connectivity index (χ1) is 16.6. The van der Waals surface area contributed by atoms with Crippen LogP contribution in [0.4, 0.5) is 0 Å². The van der Waals surface area contributed by atoms with Crippen molar-refractivity contribution in [3.05, 3.63) is 34.9 Å². The summed E-state index contributed by atoms with van der Waals surface area (Å²) in [5, 5.41) is 0. The summed E-state index contributed by atoms with van der Waals surface area (Å²) < 4.78 is 0. The summed E-state index contributed by atoms with van der Waals surface area (Å²) in [7, 11) is 0. The van der Waals surface area contributed by atoms with Gasteiger partial charge < -0.3 is 0 Å². The molecule has 2 atom stereocenters. The fourth-order valence-electron chi connectivity index (χ4n) is 5.83. The second-order valence-corrected chi connectivity index (χ2v) is 15.0. The predicted molar refractivity (Wildman–Crippen MR) is 165 cm³/mol. The van der Waals surface area contributed by atoms with E-state index >= 15 is 0 Å². The topological polar surface area (TPSA) is 0 Å². The Bertz CT molecular complexity index is 647. The lowest BCUT2D eigenvalue weighted by Crippen LogP contribution is -2.21. The number of aryl methyl sites for hydroxylation is 2. The Morgan fingerprint density at radius 3 is 1.14 bits per heavy atom. The van der Waals surface area contributed by atoms with E-state index in [4.69, 9.17) is 0 Å². The van der Waals surface area contributed by atoms with Crippen molar-refractivity contribution in [1.29, 1.82) is 0 Å². The molecule has 3 aliphatic carbocycles. The quantitative estimate of drug-likeness (QED) is 0.333. The van der Waals surface area contributed by atoms with Gasteiger partial charge >= 0.3 is 0 Å². The van der Waals surface area contributed by atoms with Crippen molar-refractivity contribution >= 4 is 0 Å². The zero-order valence-electron chi connectivity index (χ0n) is 26.9. The molecule has 0 saturated heterocycles. The van der Waals surface area contributed by atoms with Gasteiger partial charge in [-0.1, -0.05) is 125 Å². The van der Waals surface area contributed by atoms with Crippen LogP contribution in [0.5, 0.6) is 0 Å². The van der Waals surface area contributed by atoms with Crippen LogP contribution in [-0.2, 0) is 0 Å². The van der Waals surface area contributed by atoms with E-state index in [9.17, 15) is 0 Å². The van der Waals surface area contributed by atoms with Gasteiger partial charge in [-0.2, -0.15) is 0 Å². The lowest BCUT2D eigenvalue weighted by Gasteiger charge is -2.32. The molecular weight excluding hydrogens is 432 g/mol. The maximum atomic E-state index is 2.40. The molecule has 0 bridgehead atoms. The molecule has 0 heterocycles. The van der Waals surface area contributed by atoms with E-state index in [1.807, 2.05) is 0 Å². The Kier molecular flexibility index (Phi) is 14.4. The van der Waals surface area contributed by atoms with Crippen molar-refractivity contribution in [1.82, 2.24) is 0 Å². The van der Waals surface area contributed by atoms with Crippen molar-refractivity contribution in [2.75, 3.05) is 0 Å². The lowest BCUT2D eigenvalue weighted by atomic mass is 9.74. The largest absolute Gasteiger partial charge is 0.0625 e. The van der Waals surface area contributed by atoms with Crippen LogP contribution in [0.2, 0.25) is 0 Å². The molecule has 0 N–H and O–H groups in total. The lowest BCUT2D eigenvalue weighted by molar-refractivity contribution is 0.197. The zero-order chi connectivity index (χ0) is 27.5. The highest BCUT2D eigenvalue weighted by Crippen LogP contribution is 2.38. The molecule has 0 aromatic heterocycles. The average Bonchev–Trinajstić information content (AvgIpc) is 2.81. The second kappa shape index (κ2) is 15.6. The number of hydrogen-bond acceptors (Lipinski definition) is 0. The summed E-state index contributed by atoms with van der Waals surface area (Å²) in [5.41, 5.74) is 5.50. The fraction of sp³-hybridized carbons (Fsp3) is 0.833. The van der Waals surface area contributed by atoms with Crippen molar-refractivity contribution in [2.24, 2.45) is 40.4 Å². The average molecular weight is 499 g/mol. The Hall–Kier alpha value is -0.780. The molecule has 0 radical (unpaired) electrons. The molecule has 36 heavy (non-hydrogen) atoms. The molecule has 0 amide bonds. The van der Waals surface area contributed by atoms with E-state index < -0.39 is 0 Å². The van der Waals surface area contributed by atoms with E-state index in [1.165, 1.54) is 87.3 Å². The second-order valence-electron chi connectivity index (χ2n) is 15.0. The van der Waals surface area contributed by atoms with Gasteiger partial charge in [0.05, 0.1) is 0 Å². The molecule has 210 valence electrons. The third kappa shape index (κ3) is 13.1. The van der Waals surface area contributed by atoms with Crippen molar-refractivity contribution in [3.8, 4) is 0 Å². The number of benzene rings is 1. The van der Waals surface area contributed by atoms with E-state index in [1.54, 1.807) is 0 Å². The summed E-state index contributed by atoms with van der Waals surface area (Å²) in [4.78, 5) is 0. The van der Waals surface area contributed by atoms with Crippen LogP contribution in [0, 0.1) is 61.2 Å². The summed E-state index contributed by atoms with van der Waals surface area (Å²) in [6.07, 6.45) is 16.0. The highest BCUT2D eigenvalue weighted by atomic mass is 14.3. The maximum absolute atomic E-state index is 2.40. The third-order valence-corrected chi connectivity index (χ3v) is 10.2. The van der Waals surface area contributed by atoms with Crippen LogP contribution in [0.3, 0.4) is 0 Å². The first-order valence-corrected chi connectivity index (χ1v) is 15.7. The number of rotatable bonds is 0. The van der Waals surface area contributed by atoms with Crippen molar-refractivity contribution in [3.63, 3.8) is 0 Å². The Morgan fingerprint density at radius 1 is 0.556 bits per heavy atom. The van der Waals surface area contributed by atoms with Gasteiger partial charge in [0.25, 0.3) is 0 Å². The van der Waals surface area contributed by atoms with Gasteiger partial charge in [-0.05, 0) is 104 Å². The third-order valence-electron chi connectivity index (χ3n) is 10.2. The van der Waals surface area contributed by atoms with Gasteiger partial charge in [-0.25, -0.2) is 0 Å². The molecule has 3 saturated carbocycles. The molecular formula is C36H66. The summed E-state index contributed by atoms with van der Waals surface area (Å²) >= 11 is 0. The monoisotopic (exact) mass is 499 g/mol. The minimum Gasteiger partial charge on any atom is -0.0625 e. The molecule has 0 aliphatic heterocycles. The van der Waals surface area contributed by atoms with Gasteiger partial charge in [-0.15, -0.1) is 0 Å². The first kappa shape index (κ1) is 33.2. The Labute approximate surface area is 228 Å². The van der Waals surface area contributed by atoms with Crippen LogP contribution in [0.25, 0.3) is 0 Å². The standard InChI is InChI=1S/3C9H18.C9H12/c2*1-8-4-6-9(2,3)7-5-8;2*1-7-5-4-6-8(2)9(7)3/h2*8H,4-7H2,1-3H3;7-9H,4-6H2,1-3H3;4-6H,1-3H3.